The Hall–Kier alpha value is -0.850. The van der Waals surface area contributed by atoms with Gasteiger partial charge in [0.05, 0.1) is 0 Å². The third-order valence-corrected chi connectivity index (χ3v) is 3.48. The summed E-state index contributed by atoms with van der Waals surface area (Å²) in [4.78, 5) is 11.7. The molecule has 1 rings (SSSR count). The molecule has 0 aliphatic heterocycles. The summed E-state index contributed by atoms with van der Waals surface area (Å²) in [5.41, 5.74) is 10.7. The molecule has 0 bridgehead atoms. The molecule has 0 heterocycles. The molecule has 21 heavy (non-hydrogen) atoms. The quantitative estimate of drug-likeness (QED) is 0.180. The van der Waals surface area contributed by atoms with Gasteiger partial charge in [-0.3, -0.25) is 4.79 Å². The van der Waals surface area contributed by atoms with E-state index in [2.05, 4.69) is 4.74 Å². The van der Waals surface area contributed by atoms with Gasteiger partial charge in [-0.2, -0.15) is 0 Å². The van der Waals surface area contributed by atoms with Gasteiger partial charge in [0.15, 0.2) is 12.2 Å². The minimum atomic E-state index is -2.99. The van der Waals surface area contributed by atoms with E-state index in [0.29, 0.717) is 6.42 Å². The number of esters is 1. The predicted molar refractivity (Wildman–Crippen MR) is 67.3 cm³/mol. The Labute approximate surface area is 120 Å². The van der Waals surface area contributed by atoms with Gasteiger partial charge in [0.25, 0.3) is 5.79 Å². The van der Waals surface area contributed by atoms with Crippen LogP contribution in [0.15, 0.2) is 0 Å². The van der Waals surface area contributed by atoms with Crippen LogP contribution in [0.2, 0.25) is 0 Å². The number of carbonyl (C=O) groups excluding carboxylic acids is 1. The van der Waals surface area contributed by atoms with E-state index in [1.807, 2.05) is 0 Å². The van der Waals surface area contributed by atoms with E-state index < -0.39 is 48.3 Å². The lowest BCUT2D eigenvalue weighted by Gasteiger charge is -2.46. The Morgan fingerprint density at radius 2 is 1.57 bits per heavy atom. The van der Waals surface area contributed by atoms with Gasteiger partial charge in [0.2, 0.25) is 0 Å². The Kier molecular flexibility index (Phi) is 6.01. The smallest absolute Gasteiger partial charge is 0.325 e. The molecule has 10 heteroatoms. The summed E-state index contributed by atoms with van der Waals surface area (Å²) < 4.78 is 4.57. The predicted octanol–water partition coefficient (Wildman–Crippen LogP) is -4.90. The first-order valence-corrected chi connectivity index (χ1v) is 6.48. The Morgan fingerprint density at radius 3 is 2.00 bits per heavy atom. The van der Waals surface area contributed by atoms with Crippen LogP contribution in [-0.2, 0) is 9.53 Å². The Balaban J connectivity index is 2.85. The van der Waals surface area contributed by atoms with Gasteiger partial charge in [-0.25, -0.2) is 0 Å². The fourth-order valence-electron chi connectivity index (χ4n) is 2.05. The number of nitrogens with two attached hydrogens (primary N) is 2. The number of aliphatic hydroxyl groups is 6. The van der Waals surface area contributed by atoms with Gasteiger partial charge < -0.3 is 46.8 Å². The second-order valence-electron chi connectivity index (χ2n) is 5.07. The van der Waals surface area contributed by atoms with Gasteiger partial charge in [-0.1, -0.05) is 0 Å². The molecule has 124 valence electrons. The second-order valence-corrected chi connectivity index (χ2v) is 5.07. The van der Waals surface area contributed by atoms with Gasteiger partial charge in [0, 0.05) is 0 Å². The number of ether oxygens (including phenoxy) is 1. The molecule has 1 aliphatic carbocycles. The van der Waals surface area contributed by atoms with Crippen LogP contribution in [0.5, 0.6) is 0 Å². The fraction of sp³-hybridized carbons (Fsp3) is 0.909. The van der Waals surface area contributed by atoms with Crippen molar-refractivity contribution in [2.45, 2.75) is 55.2 Å². The maximum absolute atomic E-state index is 11.7. The molecule has 0 radical (unpaired) electrons. The van der Waals surface area contributed by atoms with Crippen molar-refractivity contribution in [1.29, 1.82) is 0 Å². The van der Waals surface area contributed by atoms with E-state index in [1.54, 1.807) is 0 Å². The third kappa shape index (κ3) is 3.49. The third-order valence-electron chi connectivity index (χ3n) is 3.48. The van der Waals surface area contributed by atoms with Crippen LogP contribution in [0.4, 0.5) is 0 Å². The normalized spacial score (nSPS) is 41.6. The number of carbonyl (C=O) groups is 1. The second kappa shape index (κ2) is 6.94. The van der Waals surface area contributed by atoms with Crippen LogP contribution in [-0.4, -0.2) is 85.5 Å². The van der Waals surface area contributed by atoms with Crippen molar-refractivity contribution < 1.29 is 40.2 Å². The van der Waals surface area contributed by atoms with Crippen LogP contribution < -0.4 is 11.5 Å². The maximum atomic E-state index is 11.7. The van der Waals surface area contributed by atoms with Crippen molar-refractivity contribution in [2.75, 3.05) is 6.54 Å². The van der Waals surface area contributed by atoms with E-state index in [0.717, 1.165) is 0 Å². The first-order valence-electron chi connectivity index (χ1n) is 6.48. The van der Waals surface area contributed by atoms with Crippen LogP contribution >= 0.6 is 0 Å². The minimum Gasteiger partial charge on any atom is -0.426 e. The summed E-state index contributed by atoms with van der Waals surface area (Å²) in [6.45, 7) is 0.278. The molecule has 0 aromatic carbocycles. The largest absolute Gasteiger partial charge is 0.426 e. The van der Waals surface area contributed by atoms with E-state index in [1.165, 1.54) is 0 Å². The van der Waals surface area contributed by atoms with Crippen molar-refractivity contribution in [3.63, 3.8) is 0 Å². The van der Waals surface area contributed by atoms with Crippen LogP contribution in [0.25, 0.3) is 0 Å². The lowest BCUT2D eigenvalue weighted by molar-refractivity contribution is -0.348. The highest BCUT2D eigenvalue weighted by Crippen LogP contribution is 2.31. The van der Waals surface area contributed by atoms with Crippen molar-refractivity contribution in [3.05, 3.63) is 0 Å². The number of rotatable bonds is 5. The summed E-state index contributed by atoms with van der Waals surface area (Å²) in [6, 6.07) is -1.17. The van der Waals surface area contributed by atoms with Gasteiger partial charge in [0.1, 0.15) is 24.4 Å². The van der Waals surface area contributed by atoms with Gasteiger partial charge in [-0.05, 0) is 19.4 Å². The molecular weight excluding hydrogens is 288 g/mol. The van der Waals surface area contributed by atoms with Crippen molar-refractivity contribution in [1.82, 2.24) is 0 Å². The molecule has 1 fully saturated rings. The zero-order valence-corrected chi connectivity index (χ0v) is 11.2. The fourth-order valence-corrected chi connectivity index (χ4v) is 2.05. The lowest BCUT2D eigenvalue weighted by atomic mass is 9.82. The molecule has 10 nitrogen and oxygen atoms in total. The number of hydrogen-bond donors (Lipinski definition) is 8. The summed E-state index contributed by atoms with van der Waals surface area (Å²) in [5.74, 6) is -4.14. The lowest BCUT2D eigenvalue weighted by Crippen LogP contribution is -2.72. The molecule has 0 unspecified atom stereocenters. The molecule has 1 aliphatic rings. The monoisotopic (exact) mass is 310 g/mol. The van der Waals surface area contributed by atoms with Crippen molar-refractivity contribution in [3.8, 4) is 0 Å². The summed E-state index contributed by atoms with van der Waals surface area (Å²) in [7, 11) is 0. The highest BCUT2D eigenvalue weighted by atomic mass is 16.7. The Morgan fingerprint density at radius 1 is 1.10 bits per heavy atom. The van der Waals surface area contributed by atoms with Crippen molar-refractivity contribution in [2.24, 2.45) is 11.5 Å². The molecule has 0 aromatic heterocycles. The molecular formula is C11H22N2O8. The SMILES string of the molecule is NCCC[C@@H](N)C(=O)O[C@]1(O)[C@H](O)[C@H](O)[C@@H](O)[C@H](O)[C@H]1O. The molecule has 0 spiro atoms. The molecule has 1 saturated carbocycles. The highest BCUT2D eigenvalue weighted by molar-refractivity contribution is 5.75. The first-order chi connectivity index (χ1) is 9.66. The van der Waals surface area contributed by atoms with Crippen LogP contribution in [0.3, 0.4) is 0 Å². The maximum Gasteiger partial charge on any atom is 0.325 e. The van der Waals surface area contributed by atoms with E-state index >= 15 is 0 Å². The molecule has 0 saturated heterocycles. The van der Waals surface area contributed by atoms with Gasteiger partial charge >= 0.3 is 5.97 Å². The zero-order valence-electron chi connectivity index (χ0n) is 11.2. The molecule has 7 atom stereocenters. The highest BCUT2D eigenvalue weighted by Gasteiger charge is 2.60. The van der Waals surface area contributed by atoms with Crippen molar-refractivity contribution >= 4 is 5.97 Å². The molecule has 0 amide bonds. The summed E-state index contributed by atoms with van der Waals surface area (Å²) in [5, 5.41) is 57.8. The minimum absolute atomic E-state index is 0.144. The average Bonchev–Trinajstić information content (AvgIpc) is 2.47. The summed E-state index contributed by atoms with van der Waals surface area (Å²) in [6.07, 6.45) is -9.87. The summed E-state index contributed by atoms with van der Waals surface area (Å²) >= 11 is 0. The standard InChI is InChI=1S/C11H22N2O8/c12-3-1-2-4(13)10(19)21-11(20)8(17)6(15)5(14)7(16)9(11)18/h4-9,14-18,20H,1-3,12-13H2/t4-,5-,6-,7+,8-,9-,11-/m1/s1. The average molecular weight is 310 g/mol. The van der Waals surface area contributed by atoms with Crippen LogP contribution in [0.1, 0.15) is 12.8 Å². The number of aliphatic hydroxyl groups excluding tert-OH is 5. The first kappa shape index (κ1) is 18.2. The van der Waals surface area contributed by atoms with Gasteiger partial charge in [-0.15, -0.1) is 0 Å². The van der Waals surface area contributed by atoms with E-state index in [-0.39, 0.29) is 13.0 Å². The van der Waals surface area contributed by atoms with E-state index in [4.69, 9.17) is 11.5 Å². The Bertz CT molecular complexity index is 352. The molecule has 10 N–H and O–H groups in total. The van der Waals surface area contributed by atoms with Crippen LogP contribution in [0, 0.1) is 0 Å². The zero-order chi connectivity index (χ0) is 16.4. The van der Waals surface area contributed by atoms with E-state index in [9.17, 15) is 35.4 Å². The number of hydrogen-bond acceptors (Lipinski definition) is 10. The molecule has 0 aromatic rings. The topological polar surface area (TPSA) is 200 Å².